The normalized spacial score (nSPS) is 11.5. The number of alkyl halides is 3. The van der Waals surface area contributed by atoms with E-state index in [2.05, 4.69) is 20.9 Å². The van der Waals surface area contributed by atoms with Crippen molar-refractivity contribution in [3.8, 4) is 0 Å². The van der Waals surface area contributed by atoms with Gasteiger partial charge < -0.3 is 16.0 Å². The molecule has 0 radical (unpaired) electrons. The number of halogens is 4. The van der Waals surface area contributed by atoms with Crippen LogP contribution in [-0.4, -0.2) is 38.5 Å². The van der Waals surface area contributed by atoms with Crippen LogP contribution in [0.25, 0.3) is 0 Å². The Morgan fingerprint density at radius 1 is 1.04 bits per heavy atom. The number of hydrogen-bond acceptors (Lipinski definition) is 2. The maximum absolute atomic E-state index is 12.4. The van der Waals surface area contributed by atoms with E-state index in [9.17, 15) is 18.0 Å². The number of rotatable bonds is 6. The topological polar surface area (TPSA) is 65.5 Å². The van der Waals surface area contributed by atoms with Gasteiger partial charge in [0.25, 0.3) is 5.91 Å². The van der Waals surface area contributed by atoms with Crippen molar-refractivity contribution in [2.24, 2.45) is 4.99 Å². The Morgan fingerprint density at radius 2 is 1.58 bits per heavy atom. The Kier molecular flexibility index (Phi) is 10.4. The maximum atomic E-state index is 12.4. The zero-order valence-corrected chi connectivity index (χ0v) is 15.9. The summed E-state index contributed by atoms with van der Waals surface area (Å²) in [5.41, 5.74) is -0.590. The summed E-state index contributed by atoms with van der Waals surface area (Å²) in [4.78, 5) is 15.8. The van der Waals surface area contributed by atoms with Crippen molar-refractivity contribution >= 4 is 35.8 Å². The van der Waals surface area contributed by atoms with Gasteiger partial charge in [-0.3, -0.25) is 9.79 Å². The smallest absolute Gasteiger partial charge is 0.356 e. The van der Waals surface area contributed by atoms with E-state index in [1.807, 2.05) is 6.92 Å². The predicted octanol–water partition coefficient (Wildman–Crippen LogP) is 2.63. The molecule has 0 aliphatic rings. The number of nitrogens with one attached hydrogen (secondary N) is 3. The first-order valence-corrected chi connectivity index (χ1v) is 7.28. The van der Waals surface area contributed by atoms with Crippen LogP contribution in [0.1, 0.15) is 29.3 Å². The zero-order chi connectivity index (χ0) is 17.3. The molecule has 0 aromatic heterocycles. The van der Waals surface area contributed by atoms with Crippen LogP contribution in [0.2, 0.25) is 0 Å². The molecule has 3 N–H and O–H groups in total. The molecule has 9 heteroatoms. The zero-order valence-electron chi connectivity index (χ0n) is 13.5. The molecule has 1 amide bonds. The number of carbonyl (C=O) groups excluding carboxylic acids is 1. The highest BCUT2D eigenvalue weighted by Crippen LogP contribution is 2.28. The van der Waals surface area contributed by atoms with Gasteiger partial charge in [-0.15, -0.1) is 24.0 Å². The lowest BCUT2D eigenvalue weighted by Crippen LogP contribution is -2.41. The molecule has 0 saturated carbocycles. The van der Waals surface area contributed by atoms with Gasteiger partial charge in [-0.2, -0.15) is 13.2 Å². The molecule has 1 rings (SSSR count). The van der Waals surface area contributed by atoms with Crippen LogP contribution in [0.3, 0.4) is 0 Å². The van der Waals surface area contributed by atoms with E-state index in [1.54, 1.807) is 7.05 Å². The van der Waals surface area contributed by atoms with E-state index in [0.29, 0.717) is 19.0 Å². The van der Waals surface area contributed by atoms with Crippen molar-refractivity contribution in [2.45, 2.75) is 19.5 Å². The van der Waals surface area contributed by atoms with Gasteiger partial charge in [0, 0.05) is 32.2 Å². The average molecular weight is 458 g/mol. The molecule has 5 nitrogen and oxygen atoms in total. The Hall–Kier alpha value is -1.52. The minimum Gasteiger partial charge on any atom is -0.356 e. The Morgan fingerprint density at radius 3 is 2.08 bits per heavy atom. The summed E-state index contributed by atoms with van der Waals surface area (Å²) in [6.45, 7) is 3.60. The number of carbonyl (C=O) groups is 1. The summed E-state index contributed by atoms with van der Waals surface area (Å²) in [7, 11) is 1.64. The second-order valence-electron chi connectivity index (χ2n) is 4.76. The highest BCUT2D eigenvalue weighted by molar-refractivity contribution is 14.0. The second-order valence-corrected chi connectivity index (χ2v) is 4.76. The first kappa shape index (κ1) is 22.5. The van der Waals surface area contributed by atoms with E-state index in [4.69, 9.17) is 0 Å². The molecular weight excluding hydrogens is 436 g/mol. The van der Waals surface area contributed by atoms with E-state index < -0.39 is 17.6 Å². The number of guanidine groups is 1. The molecule has 0 spiro atoms. The first-order chi connectivity index (χ1) is 10.9. The first-order valence-electron chi connectivity index (χ1n) is 7.28. The molecule has 0 fully saturated rings. The number of amides is 1. The Balaban J connectivity index is 0.00000529. The quantitative estimate of drug-likeness (QED) is 0.266. The summed E-state index contributed by atoms with van der Waals surface area (Å²) in [5.74, 6) is 0.215. The number of aliphatic imine (C=N–C) groups is 1. The third kappa shape index (κ3) is 7.84. The third-order valence-corrected chi connectivity index (χ3v) is 2.94. The highest BCUT2D eigenvalue weighted by Gasteiger charge is 2.30. The van der Waals surface area contributed by atoms with Gasteiger partial charge in [-0.05, 0) is 30.7 Å². The fourth-order valence-corrected chi connectivity index (χ4v) is 1.73. The van der Waals surface area contributed by atoms with Crippen molar-refractivity contribution < 1.29 is 18.0 Å². The highest BCUT2D eigenvalue weighted by atomic mass is 127. The number of benzene rings is 1. The van der Waals surface area contributed by atoms with E-state index in [-0.39, 0.29) is 29.5 Å². The molecule has 0 unspecified atom stereocenters. The van der Waals surface area contributed by atoms with Crippen LogP contribution in [0.4, 0.5) is 13.2 Å². The van der Waals surface area contributed by atoms with Crippen molar-refractivity contribution in [2.75, 3.05) is 26.7 Å². The van der Waals surface area contributed by atoms with Crippen molar-refractivity contribution in [1.29, 1.82) is 0 Å². The molecule has 1 aromatic rings. The fraction of sp³-hybridized carbons (Fsp3) is 0.467. The molecular formula is C15H22F3IN4O. The van der Waals surface area contributed by atoms with Gasteiger partial charge >= 0.3 is 6.18 Å². The molecule has 0 aliphatic carbocycles. The van der Waals surface area contributed by atoms with Crippen LogP contribution >= 0.6 is 24.0 Å². The summed E-state index contributed by atoms with van der Waals surface area (Å²) >= 11 is 0. The third-order valence-electron chi connectivity index (χ3n) is 2.94. The second kappa shape index (κ2) is 11.1. The molecule has 0 atom stereocenters. The van der Waals surface area contributed by atoms with E-state index in [0.717, 1.165) is 37.2 Å². The Bertz CT molecular complexity index is 533. The molecule has 0 bridgehead atoms. The molecule has 0 saturated heterocycles. The maximum Gasteiger partial charge on any atom is 0.416 e. The average Bonchev–Trinajstić information content (AvgIpc) is 2.53. The van der Waals surface area contributed by atoms with Crippen LogP contribution in [-0.2, 0) is 6.18 Å². The summed E-state index contributed by atoms with van der Waals surface area (Å²) < 4.78 is 37.3. The summed E-state index contributed by atoms with van der Waals surface area (Å²) in [5, 5.41) is 8.72. The van der Waals surface area contributed by atoms with E-state index in [1.165, 1.54) is 0 Å². The van der Waals surface area contributed by atoms with Crippen molar-refractivity contribution in [1.82, 2.24) is 16.0 Å². The largest absolute Gasteiger partial charge is 0.416 e. The molecule has 136 valence electrons. The molecule has 0 aliphatic heterocycles. The van der Waals surface area contributed by atoms with Gasteiger partial charge in [0.05, 0.1) is 5.56 Å². The fourth-order valence-electron chi connectivity index (χ4n) is 1.73. The number of nitrogens with zero attached hydrogens (tertiary/aromatic N) is 1. The molecule has 24 heavy (non-hydrogen) atoms. The lowest BCUT2D eigenvalue weighted by molar-refractivity contribution is -0.137. The van der Waals surface area contributed by atoms with Gasteiger partial charge in [0.2, 0.25) is 0 Å². The SMILES string of the molecule is CCCNC(=NC)NCCNC(=O)c1ccc(C(F)(F)F)cc1.I. The van der Waals surface area contributed by atoms with Gasteiger partial charge in [-0.25, -0.2) is 0 Å². The van der Waals surface area contributed by atoms with Crippen LogP contribution in [0.5, 0.6) is 0 Å². The summed E-state index contributed by atoms with van der Waals surface area (Å²) in [6.07, 6.45) is -3.44. The minimum atomic E-state index is -4.40. The van der Waals surface area contributed by atoms with Crippen LogP contribution < -0.4 is 16.0 Å². The van der Waals surface area contributed by atoms with Crippen LogP contribution in [0, 0.1) is 0 Å². The molecule has 1 aromatic carbocycles. The van der Waals surface area contributed by atoms with Crippen LogP contribution in [0.15, 0.2) is 29.3 Å². The van der Waals surface area contributed by atoms with E-state index >= 15 is 0 Å². The predicted molar refractivity (Wildman–Crippen MR) is 98.8 cm³/mol. The molecule has 0 heterocycles. The lowest BCUT2D eigenvalue weighted by Gasteiger charge is -2.12. The standard InChI is InChI=1S/C15H21F3N4O.HI/c1-3-8-21-14(19-2)22-10-9-20-13(23)11-4-6-12(7-5-11)15(16,17)18;/h4-7H,3,8-10H2,1-2H3,(H,20,23)(H2,19,21,22);1H. The monoisotopic (exact) mass is 458 g/mol. The van der Waals surface area contributed by atoms with Gasteiger partial charge in [0.15, 0.2) is 5.96 Å². The van der Waals surface area contributed by atoms with Crippen molar-refractivity contribution in [3.63, 3.8) is 0 Å². The number of hydrogen-bond donors (Lipinski definition) is 3. The van der Waals surface area contributed by atoms with Gasteiger partial charge in [0.1, 0.15) is 0 Å². The summed E-state index contributed by atoms with van der Waals surface area (Å²) in [6, 6.07) is 4.11. The van der Waals surface area contributed by atoms with Crippen molar-refractivity contribution in [3.05, 3.63) is 35.4 Å². The van der Waals surface area contributed by atoms with Gasteiger partial charge in [-0.1, -0.05) is 6.92 Å². The minimum absolute atomic E-state index is 0. The lowest BCUT2D eigenvalue weighted by atomic mass is 10.1. The Labute approximate surface area is 156 Å².